The highest BCUT2D eigenvalue weighted by Gasteiger charge is 2.36. The average molecular weight is 399 g/mol. The van der Waals surface area contributed by atoms with Crippen LogP contribution >= 0.6 is 0 Å². The fraction of sp³-hybridized carbons (Fsp3) is 0.286. The molecule has 1 fully saturated rings. The molecule has 0 N–H and O–H groups in total. The molecule has 146 valence electrons. The summed E-state index contributed by atoms with van der Waals surface area (Å²) in [6, 6.07) is 11.6. The van der Waals surface area contributed by atoms with Crippen LogP contribution in [0.1, 0.15) is 30.4 Å². The van der Waals surface area contributed by atoms with Crippen molar-refractivity contribution in [1.29, 1.82) is 0 Å². The van der Waals surface area contributed by atoms with Crippen LogP contribution in [-0.2, 0) is 14.8 Å². The van der Waals surface area contributed by atoms with Crippen molar-refractivity contribution < 1.29 is 22.7 Å². The molecule has 2 aliphatic rings. The third-order valence-corrected chi connectivity index (χ3v) is 6.78. The molecule has 2 aliphatic heterocycles. The summed E-state index contributed by atoms with van der Waals surface area (Å²) in [7, 11) is -3.90. The Hall–Kier alpha value is -2.80. The fourth-order valence-electron chi connectivity index (χ4n) is 3.42. The first-order chi connectivity index (χ1) is 13.4. The minimum atomic E-state index is -3.90. The van der Waals surface area contributed by atoms with Crippen LogP contribution in [0.3, 0.4) is 0 Å². The van der Waals surface area contributed by atoms with Crippen LogP contribution in [0.25, 0.3) is 6.08 Å². The van der Waals surface area contributed by atoms with Gasteiger partial charge in [-0.3, -0.25) is 4.79 Å². The van der Waals surface area contributed by atoms with Crippen molar-refractivity contribution >= 4 is 22.0 Å². The molecule has 28 heavy (non-hydrogen) atoms. The lowest BCUT2D eigenvalue weighted by Crippen LogP contribution is -2.46. The van der Waals surface area contributed by atoms with Gasteiger partial charge < -0.3 is 9.47 Å². The number of hydrogen-bond donors (Lipinski definition) is 0. The normalized spacial score (nSPS) is 19.4. The third-order valence-electron chi connectivity index (χ3n) is 4.92. The molecule has 2 heterocycles. The molecule has 0 saturated carbocycles. The Morgan fingerprint density at radius 2 is 1.82 bits per heavy atom. The van der Waals surface area contributed by atoms with Gasteiger partial charge in [0.2, 0.25) is 12.7 Å². The molecule has 1 saturated heterocycles. The van der Waals surface area contributed by atoms with E-state index >= 15 is 0 Å². The van der Waals surface area contributed by atoms with Crippen LogP contribution in [0.5, 0.6) is 11.5 Å². The predicted octanol–water partition coefficient (Wildman–Crippen LogP) is 3.51. The van der Waals surface area contributed by atoms with Gasteiger partial charge in [0.1, 0.15) is 0 Å². The summed E-state index contributed by atoms with van der Waals surface area (Å²) >= 11 is 0. The van der Waals surface area contributed by atoms with E-state index in [9.17, 15) is 13.2 Å². The molecule has 4 rings (SSSR count). The van der Waals surface area contributed by atoms with Gasteiger partial charge in [0, 0.05) is 6.42 Å². The Bertz CT molecular complexity index is 1030. The van der Waals surface area contributed by atoms with Crippen LogP contribution in [0, 0.1) is 6.92 Å². The van der Waals surface area contributed by atoms with Gasteiger partial charge in [-0.05, 0) is 49.6 Å². The maximum absolute atomic E-state index is 13.1. The zero-order chi connectivity index (χ0) is 19.7. The summed E-state index contributed by atoms with van der Waals surface area (Å²) in [4.78, 5) is 12.7. The topological polar surface area (TPSA) is 72.9 Å². The summed E-state index contributed by atoms with van der Waals surface area (Å²) < 4.78 is 37.9. The Morgan fingerprint density at radius 1 is 1.07 bits per heavy atom. The quantitative estimate of drug-likeness (QED) is 0.787. The second-order valence-electron chi connectivity index (χ2n) is 6.94. The first kappa shape index (κ1) is 18.6. The lowest BCUT2D eigenvalue weighted by atomic mass is 10.0. The van der Waals surface area contributed by atoms with Crippen LogP contribution < -0.4 is 9.47 Å². The van der Waals surface area contributed by atoms with Crippen molar-refractivity contribution in [3.05, 3.63) is 59.7 Å². The van der Waals surface area contributed by atoms with E-state index in [2.05, 4.69) is 0 Å². The van der Waals surface area contributed by atoms with Gasteiger partial charge in [0.25, 0.3) is 10.0 Å². The number of fused-ring (bicyclic) bond motifs is 1. The summed E-state index contributed by atoms with van der Waals surface area (Å²) in [5.41, 5.74) is 1.82. The molecular weight excluding hydrogens is 378 g/mol. The molecule has 1 atom stereocenters. The minimum Gasteiger partial charge on any atom is -0.454 e. The molecule has 0 spiro atoms. The van der Waals surface area contributed by atoms with Crippen LogP contribution in [-0.4, -0.2) is 31.5 Å². The Labute approximate surface area is 164 Å². The second-order valence-corrected chi connectivity index (χ2v) is 8.75. The number of hydrogen-bond acceptors (Lipinski definition) is 5. The van der Waals surface area contributed by atoms with E-state index in [0.29, 0.717) is 24.3 Å². The number of carbonyl (C=O) groups excluding carboxylic acids is 1. The van der Waals surface area contributed by atoms with Crippen molar-refractivity contribution in [2.75, 3.05) is 6.79 Å². The van der Waals surface area contributed by atoms with Crippen LogP contribution in [0.2, 0.25) is 0 Å². The van der Waals surface area contributed by atoms with Crippen LogP contribution in [0.15, 0.2) is 53.4 Å². The molecule has 0 radical (unpaired) electrons. The van der Waals surface area contributed by atoms with Gasteiger partial charge in [-0.15, -0.1) is 0 Å². The molecule has 0 bridgehead atoms. The highest BCUT2D eigenvalue weighted by molar-refractivity contribution is 7.89. The molecule has 1 amide bonds. The number of ether oxygens (including phenoxy) is 2. The van der Waals surface area contributed by atoms with Gasteiger partial charge in [-0.1, -0.05) is 35.9 Å². The number of nitrogens with zero attached hydrogens (tertiary/aromatic N) is 1. The maximum Gasteiger partial charge on any atom is 0.267 e. The monoisotopic (exact) mass is 399 g/mol. The van der Waals surface area contributed by atoms with E-state index in [1.54, 1.807) is 30.3 Å². The van der Waals surface area contributed by atoms with Gasteiger partial charge in [-0.2, -0.15) is 0 Å². The Morgan fingerprint density at radius 3 is 2.61 bits per heavy atom. The zero-order valence-electron chi connectivity index (χ0n) is 15.5. The number of rotatable bonds is 4. The number of piperidine rings is 1. The van der Waals surface area contributed by atoms with Crippen molar-refractivity contribution in [1.82, 2.24) is 4.31 Å². The first-order valence-corrected chi connectivity index (χ1v) is 10.6. The molecule has 1 unspecified atom stereocenters. The van der Waals surface area contributed by atoms with E-state index in [1.807, 2.05) is 31.2 Å². The van der Waals surface area contributed by atoms with Crippen molar-refractivity contribution in [2.24, 2.45) is 0 Å². The number of benzene rings is 2. The fourth-order valence-corrected chi connectivity index (χ4v) is 5.02. The third kappa shape index (κ3) is 3.49. The summed E-state index contributed by atoms with van der Waals surface area (Å²) in [6.45, 7) is 2.08. The lowest BCUT2D eigenvalue weighted by molar-refractivity contribution is -0.129. The Balaban J connectivity index is 1.63. The molecule has 2 aromatic carbocycles. The van der Waals surface area contributed by atoms with Crippen molar-refractivity contribution in [3.63, 3.8) is 0 Å². The summed E-state index contributed by atoms with van der Waals surface area (Å²) in [5, 5.41) is 0. The van der Waals surface area contributed by atoms with E-state index in [-0.39, 0.29) is 24.0 Å². The second kappa shape index (κ2) is 7.31. The smallest absolute Gasteiger partial charge is 0.267 e. The largest absolute Gasteiger partial charge is 0.454 e. The lowest BCUT2D eigenvalue weighted by Gasteiger charge is -2.33. The Kier molecular flexibility index (Phi) is 4.85. The minimum absolute atomic E-state index is 0.134. The standard InChI is InChI=1S/C21H21NO5S/c1-15-5-10-18(11-6-15)28(24,25)22-17(3-2-4-21(22)23)9-7-16-8-12-19-20(13-16)27-14-26-19/h5-13,17H,2-4,14H2,1H3/b9-7+. The van der Waals surface area contributed by atoms with E-state index in [0.717, 1.165) is 15.4 Å². The zero-order valence-corrected chi connectivity index (χ0v) is 16.3. The number of aryl methyl sites for hydroxylation is 1. The maximum atomic E-state index is 13.1. The first-order valence-electron chi connectivity index (χ1n) is 9.17. The molecule has 0 aliphatic carbocycles. The molecule has 2 aromatic rings. The van der Waals surface area contributed by atoms with Gasteiger partial charge in [0.05, 0.1) is 10.9 Å². The number of amides is 1. The van der Waals surface area contributed by atoms with E-state index < -0.39 is 16.1 Å². The van der Waals surface area contributed by atoms with E-state index in [1.165, 1.54) is 0 Å². The highest BCUT2D eigenvalue weighted by atomic mass is 32.2. The average Bonchev–Trinajstić information content (AvgIpc) is 3.14. The summed E-state index contributed by atoms with van der Waals surface area (Å²) in [6.07, 6.45) is 5.09. The molecule has 6 nitrogen and oxygen atoms in total. The molecule has 0 aromatic heterocycles. The van der Waals surface area contributed by atoms with Crippen molar-refractivity contribution in [2.45, 2.75) is 37.1 Å². The molecular formula is C21H21NO5S. The highest BCUT2D eigenvalue weighted by Crippen LogP contribution is 2.33. The summed E-state index contributed by atoms with van der Waals surface area (Å²) in [5.74, 6) is 0.978. The van der Waals surface area contributed by atoms with E-state index in [4.69, 9.17) is 9.47 Å². The van der Waals surface area contributed by atoms with Gasteiger partial charge in [0.15, 0.2) is 11.5 Å². The predicted molar refractivity (Wildman–Crippen MR) is 104 cm³/mol. The van der Waals surface area contributed by atoms with Gasteiger partial charge in [-0.25, -0.2) is 12.7 Å². The number of sulfonamides is 1. The number of carbonyl (C=O) groups is 1. The van der Waals surface area contributed by atoms with Gasteiger partial charge >= 0.3 is 0 Å². The molecule has 7 heteroatoms. The SMILES string of the molecule is Cc1ccc(S(=O)(=O)N2C(=O)CCCC2/C=C/c2ccc3c(c2)OCO3)cc1. The van der Waals surface area contributed by atoms with Crippen LogP contribution in [0.4, 0.5) is 0 Å². The van der Waals surface area contributed by atoms with Crippen molar-refractivity contribution in [3.8, 4) is 11.5 Å².